The van der Waals surface area contributed by atoms with Crippen LogP contribution in [0.1, 0.15) is 30.9 Å². The van der Waals surface area contributed by atoms with E-state index < -0.39 is 23.6 Å². The Morgan fingerprint density at radius 2 is 1.91 bits per heavy atom. The van der Waals surface area contributed by atoms with E-state index in [4.69, 9.17) is 5.26 Å². The number of ketones is 1. The number of carbonyl (C=O) groups excluding carboxylic acids is 1. The number of nitriles is 1. The third kappa shape index (κ3) is 3.88. The quantitative estimate of drug-likeness (QED) is 0.926. The van der Waals surface area contributed by atoms with Gasteiger partial charge in [-0.1, -0.05) is 12.1 Å². The van der Waals surface area contributed by atoms with Crippen LogP contribution in [-0.4, -0.2) is 23.2 Å². The SMILES string of the molecule is CC(O)CC1=CC(C(F)(F)F)=C(c2ccc(C#N)cc2)CC1=O. The molecule has 0 saturated carbocycles. The maximum absolute atomic E-state index is 13.3. The first-order chi connectivity index (χ1) is 10.7. The van der Waals surface area contributed by atoms with Crippen LogP contribution in [-0.2, 0) is 4.79 Å². The summed E-state index contributed by atoms with van der Waals surface area (Å²) in [6.45, 7) is 1.42. The van der Waals surface area contributed by atoms with Crippen LogP contribution in [0.5, 0.6) is 0 Å². The molecule has 0 heterocycles. The molecule has 1 aromatic rings. The van der Waals surface area contributed by atoms with Crippen LogP contribution in [0.2, 0.25) is 0 Å². The van der Waals surface area contributed by atoms with Crippen molar-refractivity contribution in [2.75, 3.05) is 0 Å². The maximum atomic E-state index is 13.3. The third-order valence-corrected chi connectivity index (χ3v) is 3.52. The maximum Gasteiger partial charge on any atom is 0.416 e. The van der Waals surface area contributed by atoms with E-state index in [9.17, 15) is 23.1 Å². The summed E-state index contributed by atoms with van der Waals surface area (Å²) in [5.41, 5.74) is -0.420. The molecule has 120 valence electrons. The molecule has 3 nitrogen and oxygen atoms in total. The minimum atomic E-state index is -4.60. The number of hydrogen-bond donors (Lipinski definition) is 1. The molecule has 0 spiro atoms. The lowest BCUT2D eigenvalue weighted by atomic mass is 9.85. The van der Waals surface area contributed by atoms with Crippen LogP contribution in [0, 0.1) is 11.3 Å². The van der Waals surface area contributed by atoms with Gasteiger partial charge in [-0.25, -0.2) is 0 Å². The predicted octanol–water partition coefficient (Wildman–Crippen LogP) is 3.54. The molecule has 1 N–H and O–H groups in total. The molecule has 0 aliphatic heterocycles. The zero-order valence-corrected chi connectivity index (χ0v) is 12.3. The van der Waals surface area contributed by atoms with Gasteiger partial charge in [-0.05, 0) is 41.8 Å². The fourth-order valence-corrected chi connectivity index (χ4v) is 2.46. The molecule has 1 aliphatic carbocycles. The number of carbonyl (C=O) groups is 1. The molecule has 0 bridgehead atoms. The zero-order chi connectivity index (χ0) is 17.2. The number of halogens is 3. The largest absolute Gasteiger partial charge is 0.416 e. The fourth-order valence-electron chi connectivity index (χ4n) is 2.46. The Balaban J connectivity index is 2.55. The average Bonchev–Trinajstić information content (AvgIpc) is 2.47. The van der Waals surface area contributed by atoms with Crippen molar-refractivity contribution in [3.05, 3.63) is 52.6 Å². The Hall–Kier alpha value is -2.39. The fraction of sp³-hybridized carbons (Fsp3) is 0.294. The van der Waals surface area contributed by atoms with Crippen molar-refractivity contribution < 1.29 is 23.1 Å². The van der Waals surface area contributed by atoms with Crippen LogP contribution in [0.25, 0.3) is 5.57 Å². The first kappa shape index (κ1) is 17.0. The van der Waals surface area contributed by atoms with Crippen LogP contribution in [0.15, 0.2) is 41.5 Å². The summed E-state index contributed by atoms with van der Waals surface area (Å²) in [6, 6.07) is 7.52. The summed E-state index contributed by atoms with van der Waals surface area (Å²) < 4.78 is 40.0. The monoisotopic (exact) mass is 321 g/mol. The number of nitrogens with zero attached hydrogens (tertiary/aromatic N) is 1. The van der Waals surface area contributed by atoms with Crippen molar-refractivity contribution in [1.29, 1.82) is 5.26 Å². The summed E-state index contributed by atoms with van der Waals surface area (Å²) >= 11 is 0. The molecule has 23 heavy (non-hydrogen) atoms. The van der Waals surface area contributed by atoms with E-state index in [1.807, 2.05) is 6.07 Å². The standard InChI is InChI=1S/C17H14F3NO2/c1-10(22)6-13-7-15(17(18,19)20)14(8-16(13)23)12-4-2-11(9-21)3-5-12/h2-5,7,10,22H,6,8H2,1H3. The van der Waals surface area contributed by atoms with Gasteiger partial charge in [0.15, 0.2) is 5.78 Å². The number of hydrogen-bond acceptors (Lipinski definition) is 3. The molecular weight excluding hydrogens is 307 g/mol. The van der Waals surface area contributed by atoms with E-state index in [1.165, 1.54) is 31.2 Å². The van der Waals surface area contributed by atoms with Gasteiger partial charge in [0.25, 0.3) is 0 Å². The lowest BCUT2D eigenvalue weighted by molar-refractivity contribution is -0.115. The van der Waals surface area contributed by atoms with Gasteiger partial charge in [0.2, 0.25) is 0 Å². The first-order valence-electron chi connectivity index (χ1n) is 6.95. The molecule has 1 aliphatic rings. The topological polar surface area (TPSA) is 61.1 Å². The van der Waals surface area contributed by atoms with Gasteiger partial charge in [0, 0.05) is 12.8 Å². The number of Topliss-reactive ketones (excluding diaryl/α,β-unsaturated/α-hetero) is 1. The van der Waals surface area contributed by atoms with E-state index >= 15 is 0 Å². The second kappa shape index (κ2) is 6.39. The summed E-state index contributed by atoms with van der Waals surface area (Å²) in [7, 11) is 0. The van der Waals surface area contributed by atoms with Gasteiger partial charge in [0.1, 0.15) is 0 Å². The van der Waals surface area contributed by atoms with E-state index in [-0.39, 0.29) is 29.6 Å². The second-order valence-corrected chi connectivity index (χ2v) is 5.40. The van der Waals surface area contributed by atoms with E-state index in [1.54, 1.807) is 0 Å². The van der Waals surface area contributed by atoms with Crippen molar-refractivity contribution in [1.82, 2.24) is 0 Å². The number of aliphatic hydroxyl groups excluding tert-OH is 1. The van der Waals surface area contributed by atoms with E-state index in [0.29, 0.717) is 5.56 Å². The van der Waals surface area contributed by atoms with E-state index in [0.717, 1.165) is 6.08 Å². The van der Waals surface area contributed by atoms with Crippen LogP contribution < -0.4 is 0 Å². The minimum Gasteiger partial charge on any atom is -0.393 e. The zero-order valence-electron chi connectivity index (χ0n) is 12.3. The molecule has 1 atom stereocenters. The number of rotatable bonds is 3. The predicted molar refractivity (Wildman–Crippen MR) is 78.1 cm³/mol. The molecule has 0 radical (unpaired) electrons. The molecule has 6 heteroatoms. The number of aliphatic hydroxyl groups is 1. The van der Waals surface area contributed by atoms with Gasteiger partial charge in [-0.3, -0.25) is 4.79 Å². The normalized spacial score (nSPS) is 16.9. The molecular formula is C17H14F3NO2. The highest BCUT2D eigenvalue weighted by atomic mass is 19.4. The minimum absolute atomic E-state index is 0.0234. The number of benzene rings is 1. The van der Waals surface area contributed by atoms with Gasteiger partial charge in [-0.15, -0.1) is 0 Å². The van der Waals surface area contributed by atoms with Gasteiger partial charge in [0.05, 0.1) is 23.3 Å². The number of alkyl halides is 3. The van der Waals surface area contributed by atoms with Gasteiger partial charge in [-0.2, -0.15) is 18.4 Å². The molecule has 1 aromatic carbocycles. The van der Waals surface area contributed by atoms with Crippen molar-refractivity contribution in [3.63, 3.8) is 0 Å². The highest BCUT2D eigenvalue weighted by Crippen LogP contribution is 2.39. The van der Waals surface area contributed by atoms with Crippen molar-refractivity contribution >= 4 is 11.4 Å². The lowest BCUT2D eigenvalue weighted by Crippen LogP contribution is -2.21. The Labute approximate surface area is 131 Å². The van der Waals surface area contributed by atoms with Gasteiger partial charge < -0.3 is 5.11 Å². The van der Waals surface area contributed by atoms with E-state index in [2.05, 4.69) is 0 Å². The average molecular weight is 321 g/mol. The summed E-state index contributed by atoms with van der Waals surface area (Å²) in [5.74, 6) is -0.432. The summed E-state index contributed by atoms with van der Waals surface area (Å²) in [6.07, 6.45) is -5.16. The summed E-state index contributed by atoms with van der Waals surface area (Å²) in [4.78, 5) is 12.1. The lowest BCUT2D eigenvalue weighted by Gasteiger charge is -2.22. The van der Waals surface area contributed by atoms with Crippen LogP contribution in [0.3, 0.4) is 0 Å². The third-order valence-electron chi connectivity index (χ3n) is 3.52. The molecule has 0 amide bonds. The van der Waals surface area contributed by atoms with Gasteiger partial charge >= 0.3 is 6.18 Å². The smallest absolute Gasteiger partial charge is 0.393 e. The second-order valence-electron chi connectivity index (χ2n) is 5.40. The molecule has 0 aromatic heterocycles. The van der Waals surface area contributed by atoms with Crippen LogP contribution >= 0.6 is 0 Å². The number of allylic oxidation sites excluding steroid dienone is 3. The van der Waals surface area contributed by atoms with Crippen molar-refractivity contribution in [3.8, 4) is 6.07 Å². The Morgan fingerprint density at radius 1 is 1.30 bits per heavy atom. The molecule has 2 rings (SSSR count). The first-order valence-corrected chi connectivity index (χ1v) is 6.95. The highest BCUT2D eigenvalue weighted by Gasteiger charge is 2.38. The Morgan fingerprint density at radius 3 is 2.39 bits per heavy atom. The Kier molecular flexibility index (Phi) is 4.71. The van der Waals surface area contributed by atoms with Crippen molar-refractivity contribution in [2.24, 2.45) is 0 Å². The van der Waals surface area contributed by atoms with Crippen LogP contribution in [0.4, 0.5) is 13.2 Å². The summed E-state index contributed by atoms with van der Waals surface area (Å²) in [5, 5.41) is 18.1. The highest BCUT2D eigenvalue weighted by molar-refractivity contribution is 6.05. The molecule has 0 saturated heterocycles. The Bertz CT molecular complexity index is 720. The molecule has 0 fully saturated rings. The van der Waals surface area contributed by atoms with Crippen molar-refractivity contribution in [2.45, 2.75) is 32.0 Å². The molecule has 1 unspecified atom stereocenters.